The van der Waals surface area contributed by atoms with Crippen LogP contribution in [0.2, 0.25) is 0 Å². The molecule has 2 unspecified atom stereocenters. The second-order valence-corrected chi connectivity index (χ2v) is 4.47. The molecule has 1 aliphatic rings. The summed E-state index contributed by atoms with van der Waals surface area (Å²) < 4.78 is 4.78. The van der Waals surface area contributed by atoms with Gasteiger partial charge in [0.05, 0.1) is 13.0 Å². The molecule has 86 valence electrons. The van der Waals surface area contributed by atoms with E-state index in [0.29, 0.717) is 5.92 Å². The monoisotopic (exact) mass is 219 g/mol. The zero-order chi connectivity index (χ0) is 11.7. The highest BCUT2D eigenvalue weighted by molar-refractivity contribution is 5.72. The van der Waals surface area contributed by atoms with Gasteiger partial charge >= 0.3 is 5.97 Å². The van der Waals surface area contributed by atoms with Crippen molar-refractivity contribution < 1.29 is 9.53 Å². The molecule has 0 amide bonds. The Morgan fingerprint density at radius 3 is 2.88 bits per heavy atom. The van der Waals surface area contributed by atoms with Crippen LogP contribution in [0.4, 0.5) is 5.69 Å². The minimum absolute atomic E-state index is 0.0585. The maximum atomic E-state index is 11.5. The summed E-state index contributed by atoms with van der Waals surface area (Å²) in [6.45, 7) is 1.93. The number of carbonyl (C=O) groups excluding carboxylic acids is 1. The average Bonchev–Trinajstić information content (AvgIpc) is 2.72. The topological polar surface area (TPSA) is 52.3 Å². The lowest BCUT2D eigenvalue weighted by molar-refractivity contribution is -0.146. The molecule has 0 radical (unpaired) electrons. The zero-order valence-electron chi connectivity index (χ0n) is 9.69. The fraction of sp³-hybridized carbons (Fsp3) is 0.462. The highest BCUT2D eigenvalue weighted by atomic mass is 16.5. The normalized spacial score (nSPS) is 20.2. The molecule has 0 heterocycles. The molecule has 0 saturated carbocycles. The number of ether oxygens (including phenoxy) is 1. The molecule has 2 N–H and O–H groups in total. The van der Waals surface area contributed by atoms with Crippen LogP contribution in [0.15, 0.2) is 18.2 Å². The summed E-state index contributed by atoms with van der Waals surface area (Å²) in [5.74, 6) is 0.139. The van der Waals surface area contributed by atoms with Gasteiger partial charge in [0.15, 0.2) is 0 Å². The molecular weight excluding hydrogens is 202 g/mol. The Balaban J connectivity index is 2.17. The van der Waals surface area contributed by atoms with E-state index in [0.717, 1.165) is 18.5 Å². The molecule has 16 heavy (non-hydrogen) atoms. The van der Waals surface area contributed by atoms with E-state index in [9.17, 15) is 4.79 Å². The zero-order valence-corrected chi connectivity index (χ0v) is 9.69. The number of methoxy groups -OCH3 is 1. The minimum atomic E-state index is -0.128. The second kappa shape index (κ2) is 4.16. The predicted octanol–water partition coefficient (Wildman–Crippen LogP) is 1.79. The Kier molecular flexibility index (Phi) is 2.86. The molecule has 2 rings (SSSR count). The quantitative estimate of drug-likeness (QED) is 0.609. The maximum absolute atomic E-state index is 11.5. The van der Waals surface area contributed by atoms with Crippen molar-refractivity contribution in [3.05, 3.63) is 29.3 Å². The van der Waals surface area contributed by atoms with E-state index in [2.05, 4.69) is 6.07 Å². The van der Waals surface area contributed by atoms with Crippen LogP contribution in [0.3, 0.4) is 0 Å². The average molecular weight is 219 g/mol. The van der Waals surface area contributed by atoms with Crippen molar-refractivity contribution >= 4 is 11.7 Å². The van der Waals surface area contributed by atoms with Crippen LogP contribution in [0.5, 0.6) is 0 Å². The van der Waals surface area contributed by atoms with Crippen molar-refractivity contribution in [2.24, 2.45) is 11.8 Å². The Bertz CT molecular complexity index is 414. The van der Waals surface area contributed by atoms with Crippen molar-refractivity contribution in [3.8, 4) is 0 Å². The summed E-state index contributed by atoms with van der Waals surface area (Å²) >= 11 is 0. The Hall–Kier alpha value is -1.51. The smallest absolute Gasteiger partial charge is 0.308 e. The first kappa shape index (κ1) is 11.0. The number of nitrogen functional groups attached to an aromatic ring is 1. The minimum Gasteiger partial charge on any atom is -0.469 e. The van der Waals surface area contributed by atoms with E-state index in [1.54, 1.807) is 0 Å². The van der Waals surface area contributed by atoms with Gasteiger partial charge in [-0.3, -0.25) is 4.79 Å². The largest absolute Gasteiger partial charge is 0.469 e. The molecule has 0 spiro atoms. The Morgan fingerprint density at radius 1 is 1.50 bits per heavy atom. The third-order valence-electron chi connectivity index (χ3n) is 3.54. The van der Waals surface area contributed by atoms with Gasteiger partial charge in [-0.05, 0) is 36.0 Å². The molecule has 0 aromatic heterocycles. The fourth-order valence-corrected chi connectivity index (χ4v) is 2.44. The van der Waals surface area contributed by atoms with Gasteiger partial charge in [-0.2, -0.15) is 0 Å². The summed E-state index contributed by atoms with van der Waals surface area (Å²) in [6, 6.07) is 5.99. The lowest BCUT2D eigenvalue weighted by Gasteiger charge is -2.15. The van der Waals surface area contributed by atoms with Gasteiger partial charge in [0, 0.05) is 5.69 Å². The molecule has 0 aliphatic heterocycles. The summed E-state index contributed by atoms with van der Waals surface area (Å²) in [7, 11) is 1.44. The Morgan fingerprint density at radius 2 is 2.25 bits per heavy atom. The van der Waals surface area contributed by atoms with Crippen LogP contribution in [-0.2, 0) is 22.4 Å². The number of carbonyl (C=O) groups is 1. The number of anilines is 1. The van der Waals surface area contributed by atoms with Crippen LogP contribution in [0.25, 0.3) is 0 Å². The summed E-state index contributed by atoms with van der Waals surface area (Å²) in [4.78, 5) is 11.5. The molecular formula is C13H17NO2. The first-order chi connectivity index (χ1) is 7.63. The van der Waals surface area contributed by atoms with E-state index in [-0.39, 0.29) is 11.9 Å². The molecule has 1 aliphatic carbocycles. The van der Waals surface area contributed by atoms with Crippen molar-refractivity contribution in [2.75, 3.05) is 12.8 Å². The lowest BCUT2D eigenvalue weighted by Crippen LogP contribution is -2.22. The van der Waals surface area contributed by atoms with E-state index < -0.39 is 0 Å². The van der Waals surface area contributed by atoms with E-state index in [1.807, 2.05) is 19.1 Å². The van der Waals surface area contributed by atoms with Crippen LogP contribution in [-0.4, -0.2) is 13.1 Å². The molecule has 1 aromatic carbocycles. The number of fused-ring (bicyclic) bond motifs is 1. The van der Waals surface area contributed by atoms with E-state index in [4.69, 9.17) is 10.5 Å². The third kappa shape index (κ3) is 1.77. The SMILES string of the molecule is COC(=O)C(C)C1Cc2cccc(N)c2C1. The van der Waals surface area contributed by atoms with Gasteiger partial charge in [-0.1, -0.05) is 19.1 Å². The molecule has 0 fully saturated rings. The highest BCUT2D eigenvalue weighted by Gasteiger charge is 2.31. The molecule has 3 heteroatoms. The molecule has 3 nitrogen and oxygen atoms in total. The first-order valence-corrected chi connectivity index (χ1v) is 5.57. The predicted molar refractivity (Wildman–Crippen MR) is 62.9 cm³/mol. The van der Waals surface area contributed by atoms with Gasteiger partial charge in [-0.15, -0.1) is 0 Å². The van der Waals surface area contributed by atoms with Gasteiger partial charge < -0.3 is 10.5 Å². The summed E-state index contributed by atoms with van der Waals surface area (Å²) in [6.07, 6.45) is 1.81. The number of benzene rings is 1. The van der Waals surface area contributed by atoms with Crippen molar-refractivity contribution in [1.29, 1.82) is 0 Å². The van der Waals surface area contributed by atoms with Crippen molar-refractivity contribution in [1.82, 2.24) is 0 Å². The first-order valence-electron chi connectivity index (χ1n) is 5.57. The molecule has 2 atom stereocenters. The summed E-state index contributed by atoms with van der Waals surface area (Å²) in [5, 5.41) is 0. The fourth-order valence-electron chi connectivity index (χ4n) is 2.44. The summed E-state index contributed by atoms with van der Waals surface area (Å²) in [5.41, 5.74) is 9.26. The molecule has 1 aromatic rings. The van der Waals surface area contributed by atoms with Gasteiger partial charge in [0.25, 0.3) is 0 Å². The van der Waals surface area contributed by atoms with Crippen LogP contribution >= 0.6 is 0 Å². The molecule has 0 saturated heterocycles. The maximum Gasteiger partial charge on any atom is 0.308 e. The highest BCUT2D eigenvalue weighted by Crippen LogP contribution is 2.34. The van der Waals surface area contributed by atoms with E-state index >= 15 is 0 Å². The Labute approximate surface area is 95.6 Å². The number of esters is 1. The van der Waals surface area contributed by atoms with Gasteiger partial charge in [0.2, 0.25) is 0 Å². The van der Waals surface area contributed by atoms with Crippen LogP contribution in [0, 0.1) is 11.8 Å². The second-order valence-electron chi connectivity index (χ2n) is 4.47. The standard InChI is InChI=1S/C13H17NO2/c1-8(13(15)16-2)10-6-9-4-3-5-12(14)11(9)7-10/h3-5,8,10H,6-7,14H2,1-2H3. The number of hydrogen-bond donors (Lipinski definition) is 1. The van der Waals surface area contributed by atoms with Crippen LogP contribution in [0.1, 0.15) is 18.1 Å². The van der Waals surface area contributed by atoms with Gasteiger partial charge in [-0.25, -0.2) is 0 Å². The number of hydrogen-bond acceptors (Lipinski definition) is 3. The number of nitrogens with two attached hydrogens (primary N) is 1. The third-order valence-corrected chi connectivity index (χ3v) is 3.54. The van der Waals surface area contributed by atoms with Crippen LogP contribution < -0.4 is 5.73 Å². The van der Waals surface area contributed by atoms with Gasteiger partial charge in [0.1, 0.15) is 0 Å². The lowest BCUT2D eigenvalue weighted by atomic mass is 9.91. The number of rotatable bonds is 2. The molecule has 0 bridgehead atoms. The van der Waals surface area contributed by atoms with Crippen molar-refractivity contribution in [3.63, 3.8) is 0 Å². The van der Waals surface area contributed by atoms with E-state index in [1.165, 1.54) is 18.2 Å². The van der Waals surface area contributed by atoms with Crippen molar-refractivity contribution in [2.45, 2.75) is 19.8 Å².